The maximum absolute atomic E-state index is 11.5. The van der Waals surface area contributed by atoms with Gasteiger partial charge in [0, 0.05) is 17.8 Å². The third-order valence-electron chi connectivity index (χ3n) is 2.11. The fourth-order valence-corrected chi connectivity index (χ4v) is 1.38. The summed E-state index contributed by atoms with van der Waals surface area (Å²) in [6.07, 6.45) is -0.0194. The standard InChI is InChI=1S/C10H15N3O3/c1-6-8(5-9(15)11-3-4-14)10(16)13-7(2)12-6/h14H,3-5H2,1-2H3,(H,11,15)(H,12,13,16). The zero-order chi connectivity index (χ0) is 12.1. The van der Waals surface area contributed by atoms with Gasteiger partial charge in [-0.2, -0.15) is 0 Å². The van der Waals surface area contributed by atoms with Crippen molar-refractivity contribution < 1.29 is 9.90 Å². The Morgan fingerprint density at radius 2 is 2.19 bits per heavy atom. The molecule has 1 aromatic heterocycles. The number of hydrogen-bond acceptors (Lipinski definition) is 4. The van der Waals surface area contributed by atoms with Gasteiger partial charge in [0.1, 0.15) is 5.82 Å². The number of aliphatic hydroxyl groups excluding tert-OH is 1. The lowest BCUT2D eigenvalue weighted by atomic mass is 10.1. The first-order chi connectivity index (χ1) is 7.54. The Hall–Kier alpha value is -1.69. The maximum atomic E-state index is 11.5. The predicted molar refractivity (Wildman–Crippen MR) is 58.1 cm³/mol. The van der Waals surface area contributed by atoms with Gasteiger partial charge in [0.25, 0.3) is 5.56 Å². The second-order valence-corrected chi connectivity index (χ2v) is 3.47. The van der Waals surface area contributed by atoms with Crippen LogP contribution >= 0.6 is 0 Å². The molecule has 1 aromatic rings. The third kappa shape index (κ3) is 3.16. The molecule has 0 aliphatic carbocycles. The lowest BCUT2D eigenvalue weighted by Crippen LogP contribution is -2.31. The van der Waals surface area contributed by atoms with Gasteiger partial charge in [0.05, 0.1) is 13.0 Å². The highest BCUT2D eigenvalue weighted by Gasteiger charge is 2.10. The molecule has 1 amide bonds. The van der Waals surface area contributed by atoms with Gasteiger partial charge in [-0.05, 0) is 13.8 Å². The van der Waals surface area contributed by atoms with Crippen LogP contribution in [0.25, 0.3) is 0 Å². The molecule has 0 spiro atoms. The molecular weight excluding hydrogens is 210 g/mol. The number of carbonyl (C=O) groups is 1. The van der Waals surface area contributed by atoms with E-state index in [2.05, 4.69) is 15.3 Å². The first-order valence-electron chi connectivity index (χ1n) is 4.98. The number of aliphatic hydroxyl groups is 1. The van der Waals surface area contributed by atoms with E-state index in [-0.39, 0.29) is 31.0 Å². The summed E-state index contributed by atoms with van der Waals surface area (Å²) in [7, 11) is 0. The van der Waals surface area contributed by atoms with Gasteiger partial charge in [-0.3, -0.25) is 9.59 Å². The third-order valence-corrected chi connectivity index (χ3v) is 2.11. The van der Waals surface area contributed by atoms with Crippen LogP contribution in [-0.2, 0) is 11.2 Å². The number of aryl methyl sites for hydroxylation is 2. The van der Waals surface area contributed by atoms with Crippen molar-refractivity contribution in [2.45, 2.75) is 20.3 Å². The minimum absolute atomic E-state index is 0.0194. The Morgan fingerprint density at radius 1 is 1.50 bits per heavy atom. The summed E-state index contributed by atoms with van der Waals surface area (Å²) in [5.41, 5.74) is 0.630. The van der Waals surface area contributed by atoms with Crippen LogP contribution in [0.4, 0.5) is 0 Å². The van der Waals surface area contributed by atoms with E-state index < -0.39 is 0 Å². The van der Waals surface area contributed by atoms with E-state index in [1.54, 1.807) is 13.8 Å². The summed E-state index contributed by atoms with van der Waals surface area (Å²) >= 11 is 0. The normalized spacial score (nSPS) is 10.2. The first kappa shape index (κ1) is 12.4. The zero-order valence-corrected chi connectivity index (χ0v) is 9.33. The first-order valence-corrected chi connectivity index (χ1v) is 4.98. The molecule has 0 unspecified atom stereocenters. The van der Waals surface area contributed by atoms with Crippen molar-refractivity contribution in [2.24, 2.45) is 0 Å². The fourth-order valence-electron chi connectivity index (χ4n) is 1.38. The molecule has 0 aliphatic rings. The molecule has 0 atom stereocenters. The van der Waals surface area contributed by atoms with Gasteiger partial charge < -0.3 is 15.4 Å². The molecule has 0 fully saturated rings. The molecule has 3 N–H and O–H groups in total. The van der Waals surface area contributed by atoms with Crippen molar-refractivity contribution >= 4 is 5.91 Å². The van der Waals surface area contributed by atoms with Gasteiger partial charge in [-0.25, -0.2) is 4.98 Å². The minimum Gasteiger partial charge on any atom is -0.395 e. The van der Waals surface area contributed by atoms with Crippen LogP contribution in [0, 0.1) is 13.8 Å². The quantitative estimate of drug-likeness (QED) is 0.615. The van der Waals surface area contributed by atoms with Crippen LogP contribution in [0.1, 0.15) is 17.1 Å². The summed E-state index contributed by atoms with van der Waals surface area (Å²) in [5, 5.41) is 11.0. The number of H-pyrrole nitrogens is 1. The Morgan fingerprint density at radius 3 is 2.75 bits per heavy atom. The number of nitrogens with zero attached hydrogens (tertiary/aromatic N) is 1. The SMILES string of the molecule is Cc1nc(C)c(CC(=O)NCCO)c(=O)[nH]1. The van der Waals surface area contributed by atoms with Gasteiger partial charge >= 0.3 is 0 Å². The summed E-state index contributed by atoms with van der Waals surface area (Å²) in [6, 6.07) is 0. The molecule has 0 saturated carbocycles. The molecule has 0 aliphatic heterocycles. The van der Waals surface area contributed by atoms with Gasteiger partial charge in [-0.1, -0.05) is 0 Å². The molecular formula is C10H15N3O3. The highest BCUT2D eigenvalue weighted by atomic mass is 16.3. The summed E-state index contributed by atoms with van der Waals surface area (Å²) in [5.74, 6) is 0.232. The van der Waals surface area contributed by atoms with Crippen LogP contribution in [0.3, 0.4) is 0 Å². The second-order valence-electron chi connectivity index (χ2n) is 3.47. The largest absolute Gasteiger partial charge is 0.395 e. The lowest BCUT2D eigenvalue weighted by Gasteiger charge is -2.05. The lowest BCUT2D eigenvalue weighted by molar-refractivity contribution is -0.120. The Kier molecular flexibility index (Phi) is 4.19. The van der Waals surface area contributed by atoms with E-state index in [0.29, 0.717) is 17.1 Å². The summed E-state index contributed by atoms with van der Waals surface area (Å²) < 4.78 is 0. The molecule has 0 saturated heterocycles. The van der Waals surface area contributed by atoms with Crippen molar-refractivity contribution in [3.8, 4) is 0 Å². The second kappa shape index (κ2) is 5.41. The van der Waals surface area contributed by atoms with Crippen LogP contribution in [0.5, 0.6) is 0 Å². The van der Waals surface area contributed by atoms with E-state index >= 15 is 0 Å². The number of carbonyl (C=O) groups excluding carboxylic acids is 1. The fraction of sp³-hybridized carbons (Fsp3) is 0.500. The number of rotatable bonds is 4. The number of amides is 1. The van der Waals surface area contributed by atoms with E-state index in [1.165, 1.54) is 0 Å². The molecule has 1 rings (SSSR count). The van der Waals surface area contributed by atoms with Crippen molar-refractivity contribution in [1.82, 2.24) is 15.3 Å². The Labute approximate surface area is 92.7 Å². The van der Waals surface area contributed by atoms with Gasteiger partial charge in [-0.15, -0.1) is 0 Å². The minimum atomic E-state index is -0.298. The molecule has 6 nitrogen and oxygen atoms in total. The van der Waals surface area contributed by atoms with Crippen molar-refractivity contribution in [1.29, 1.82) is 0 Å². The average molecular weight is 225 g/mol. The average Bonchev–Trinajstić information content (AvgIpc) is 2.20. The molecule has 16 heavy (non-hydrogen) atoms. The van der Waals surface area contributed by atoms with Crippen molar-refractivity contribution in [2.75, 3.05) is 13.2 Å². The van der Waals surface area contributed by atoms with Crippen LogP contribution in [0.15, 0.2) is 4.79 Å². The smallest absolute Gasteiger partial charge is 0.254 e. The van der Waals surface area contributed by atoms with E-state index in [1.807, 2.05) is 0 Å². The molecule has 88 valence electrons. The number of aromatic nitrogens is 2. The molecule has 1 heterocycles. The van der Waals surface area contributed by atoms with Crippen LogP contribution in [0.2, 0.25) is 0 Å². The summed E-state index contributed by atoms with van der Waals surface area (Å²) in [6.45, 7) is 3.45. The molecule has 0 bridgehead atoms. The Balaban J connectivity index is 2.81. The number of aromatic amines is 1. The topological polar surface area (TPSA) is 95.1 Å². The predicted octanol–water partition coefficient (Wildman–Crippen LogP) is -0.962. The molecule has 0 aromatic carbocycles. The van der Waals surface area contributed by atoms with Crippen molar-refractivity contribution in [3.63, 3.8) is 0 Å². The van der Waals surface area contributed by atoms with Crippen LogP contribution in [-0.4, -0.2) is 34.1 Å². The molecule has 0 radical (unpaired) electrons. The summed E-state index contributed by atoms with van der Waals surface area (Å²) in [4.78, 5) is 29.5. The monoisotopic (exact) mass is 225 g/mol. The van der Waals surface area contributed by atoms with Crippen molar-refractivity contribution in [3.05, 3.63) is 27.4 Å². The van der Waals surface area contributed by atoms with E-state index in [9.17, 15) is 9.59 Å². The number of hydrogen-bond donors (Lipinski definition) is 3. The highest BCUT2D eigenvalue weighted by Crippen LogP contribution is 1.99. The molecule has 6 heteroatoms. The number of nitrogens with one attached hydrogen (secondary N) is 2. The van der Waals surface area contributed by atoms with E-state index in [0.717, 1.165) is 0 Å². The zero-order valence-electron chi connectivity index (χ0n) is 9.33. The highest BCUT2D eigenvalue weighted by molar-refractivity contribution is 5.78. The van der Waals surface area contributed by atoms with Gasteiger partial charge in [0.2, 0.25) is 5.91 Å². The van der Waals surface area contributed by atoms with Gasteiger partial charge in [0.15, 0.2) is 0 Å². The maximum Gasteiger partial charge on any atom is 0.254 e. The van der Waals surface area contributed by atoms with E-state index in [4.69, 9.17) is 5.11 Å². The van der Waals surface area contributed by atoms with Crippen LogP contribution < -0.4 is 10.9 Å². The Bertz CT molecular complexity index is 439.